The van der Waals surface area contributed by atoms with Crippen LogP contribution in [-0.2, 0) is 0 Å². The Kier molecular flexibility index (Phi) is 6.09. The van der Waals surface area contributed by atoms with Crippen LogP contribution in [0.5, 0.6) is 0 Å². The molecule has 0 radical (unpaired) electrons. The van der Waals surface area contributed by atoms with Crippen molar-refractivity contribution in [2.24, 2.45) is 11.7 Å². The third-order valence-corrected chi connectivity index (χ3v) is 3.70. The van der Waals surface area contributed by atoms with Crippen LogP contribution in [0.2, 0.25) is 5.02 Å². The number of nitrogens with two attached hydrogens (primary N) is 1. The molecule has 1 atom stereocenters. The Morgan fingerprint density at radius 2 is 2.29 bits per heavy atom. The fraction of sp³-hybridized carbons (Fsp3) is 0.417. The zero-order valence-corrected chi connectivity index (χ0v) is 12.4. The first-order valence-electron chi connectivity index (χ1n) is 5.36. The van der Waals surface area contributed by atoms with Crippen molar-refractivity contribution >= 4 is 46.3 Å². The molecule has 3 N–H and O–H groups in total. The Bertz CT molecular complexity index is 396. The summed E-state index contributed by atoms with van der Waals surface area (Å²) in [7, 11) is 0. The second kappa shape index (κ2) is 7.09. The van der Waals surface area contributed by atoms with Crippen LogP contribution in [0.15, 0.2) is 18.2 Å². The lowest BCUT2D eigenvalue weighted by Gasteiger charge is -2.15. The van der Waals surface area contributed by atoms with Crippen LogP contribution in [0.4, 0.5) is 5.69 Å². The predicted octanol–water partition coefficient (Wildman–Crippen LogP) is 3.39. The number of benzene rings is 1. The van der Waals surface area contributed by atoms with Crippen molar-refractivity contribution in [3.05, 3.63) is 28.8 Å². The summed E-state index contributed by atoms with van der Waals surface area (Å²) in [6, 6.07) is 5.55. The third-order valence-electron chi connectivity index (χ3n) is 2.34. The van der Waals surface area contributed by atoms with Crippen molar-refractivity contribution in [3.8, 4) is 0 Å². The van der Waals surface area contributed by atoms with Crippen molar-refractivity contribution in [1.82, 2.24) is 0 Å². The fourth-order valence-electron chi connectivity index (χ4n) is 1.50. The molecular formula is C12H17ClN2S2. The average Bonchev–Trinajstić information content (AvgIpc) is 2.27. The van der Waals surface area contributed by atoms with Crippen LogP contribution >= 0.6 is 35.6 Å². The molecule has 1 unspecified atom stereocenters. The molecule has 0 aromatic heterocycles. The zero-order chi connectivity index (χ0) is 12.8. The van der Waals surface area contributed by atoms with Crippen LogP contribution in [0.3, 0.4) is 0 Å². The first-order chi connectivity index (χ1) is 8.04. The number of halogens is 1. The smallest absolute Gasteiger partial charge is 0.106 e. The van der Waals surface area contributed by atoms with Gasteiger partial charge in [-0.15, -0.1) is 0 Å². The molecule has 0 aliphatic heterocycles. The molecule has 1 aromatic carbocycles. The Hall–Kier alpha value is -0.450. The molecule has 0 aliphatic carbocycles. The molecule has 0 aliphatic rings. The van der Waals surface area contributed by atoms with E-state index in [0.29, 0.717) is 15.9 Å². The molecule has 0 amide bonds. The Morgan fingerprint density at radius 3 is 2.88 bits per heavy atom. The number of hydrogen-bond acceptors (Lipinski definition) is 3. The minimum absolute atomic E-state index is 0.368. The van der Waals surface area contributed by atoms with Gasteiger partial charge in [-0.05, 0) is 36.1 Å². The largest absolute Gasteiger partial charge is 0.389 e. The third kappa shape index (κ3) is 4.74. The van der Waals surface area contributed by atoms with E-state index >= 15 is 0 Å². The maximum Gasteiger partial charge on any atom is 0.106 e. The average molecular weight is 289 g/mol. The summed E-state index contributed by atoms with van der Waals surface area (Å²) >= 11 is 12.8. The minimum Gasteiger partial charge on any atom is -0.389 e. The molecule has 94 valence electrons. The van der Waals surface area contributed by atoms with Gasteiger partial charge >= 0.3 is 0 Å². The van der Waals surface area contributed by atoms with Gasteiger partial charge in [0.1, 0.15) is 4.99 Å². The summed E-state index contributed by atoms with van der Waals surface area (Å²) in [5.41, 5.74) is 7.44. The number of thiocarbonyl (C=S) groups is 1. The number of hydrogen-bond donors (Lipinski definition) is 2. The van der Waals surface area contributed by atoms with E-state index in [2.05, 4.69) is 18.5 Å². The molecule has 2 nitrogen and oxygen atoms in total. The highest BCUT2D eigenvalue weighted by Gasteiger charge is 2.07. The fourth-order valence-corrected chi connectivity index (χ4v) is 2.53. The van der Waals surface area contributed by atoms with Gasteiger partial charge in [-0.1, -0.05) is 30.7 Å². The standard InChI is InChI=1S/C12H17ClN2S2/c1-8(7-17-2)6-15-11-4-3-9(13)5-10(11)12(14)16/h3-5,8,15H,6-7H2,1-2H3,(H2,14,16). The van der Waals surface area contributed by atoms with Gasteiger partial charge < -0.3 is 11.1 Å². The summed E-state index contributed by atoms with van der Waals surface area (Å²) in [5.74, 6) is 1.73. The monoisotopic (exact) mass is 288 g/mol. The SMILES string of the molecule is CSCC(C)CNc1ccc(Cl)cc1C(N)=S. The Balaban J connectivity index is 2.73. The van der Waals surface area contributed by atoms with E-state index in [0.717, 1.165) is 23.5 Å². The lowest BCUT2D eigenvalue weighted by molar-refractivity contribution is 0.701. The summed E-state index contributed by atoms with van der Waals surface area (Å²) in [6.45, 7) is 3.11. The van der Waals surface area contributed by atoms with Crippen LogP contribution in [-0.4, -0.2) is 23.5 Å². The molecule has 0 bridgehead atoms. The zero-order valence-electron chi connectivity index (χ0n) is 10.00. The summed E-state index contributed by atoms with van der Waals surface area (Å²) in [5, 5.41) is 4.02. The minimum atomic E-state index is 0.368. The van der Waals surface area contributed by atoms with Crippen LogP contribution in [0.1, 0.15) is 12.5 Å². The molecule has 1 aromatic rings. The van der Waals surface area contributed by atoms with E-state index in [1.54, 1.807) is 6.07 Å². The molecule has 0 saturated heterocycles. The van der Waals surface area contributed by atoms with E-state index < -0.39 is 0 Å². The van der Waals surface area contributed by atoms with Gasteiger partial charge in [0.2, 0.25) is 0 Å². The van der Waals surface area contributed by atoms with Gasteiger partial charge in [-0.3, -0.25) is 0 Å². The molecular weight excluding hydrogens is 272 g/mol. The summed E-state index contributed by atoms with van der Waals surface area (Å²) in [4.78, 5) is 0.368. The van der Waals surface area contributed by atoms with Crippen molar-refractivity contribution in [1.29, 1.82) is 0 Å². The van der Waals surface area contributed by atoms with Gasteiger partial charge in [0.05, 0.1) is 0 Å². The van der Waals surface area contributed by atoms with E-state index in [1.165, 1.54) is 0 Å². The van der Waals surface area contributed by atoms with Crippen LogP contribution in [0.25, 0.3) is 0 Å². The van der Waals surface area contributed by atoms with Crippen molar-refractivity contribution in [3.63, 3.8) is 0 Å². The quantitative estimate of drug-likeness (QED) is 0.787. The lowest BCUT2D eigenvalue weighted by Crippen LogP contribution is -2.17. The molecule has 0 heterocycles. The predicted molar refractivity (Wildman–Crippen MR) is 83.4 cm³/mol. The number of anilines is 1. The molecule has 1 rings (SSSR count). The van der Waals surface area contributed by atoms with Crippen molar-refractivity contribution < 1.29 is 0 Å². The normalized spacial score (nSPS) is 12.2. The molecule has 0 spiro atoms. The second-order valence-electron chi connectivity index (χ2n) is 4.00. The molecule has 0 saturated carbocycles. The van der Waals surface area contributed by atoms with Crippen LogP contribution in [0, 0.1) is 5.92 Å². The summed E-state index contributed by atoms with van der Waals surface area (Å²) in [6.07, 6.45) is 2.11. The highest BCUT2D eigenvalue weighted by Crippen LogP contribution is 2.21. The molecule has 17 heavy (non-hydrogen) atoms. The highest BCUT2D eigenvalue weighted by atomic mass is 35.5. The lowest BCUT2D eigenvalue weighted by atomic mass is 10.1. The van der Waals surface area contributed by atoms with Gasteiger partial charge in [0.25, 0.3) is 0 Å². The van der Waals surface area contributed by atoms with E-state index in [9.17, 15) is 0 Å². The summed E-state index contributed by atoms with van der Waals surface area (Å²) < 4.78 is 0. The highest BCUT2D eigenvalue weighted by molar-refractivity contribution is 7.98. The first-order valence-corrected chi connectivity index (χ1v) is 7.54. The maximum absolute atomic E-state index is 5.93. The first kappa shape index (κ1) is 14.6. The molecule has 0 fully saturated rings. The van der Waals surface area contributed by atoms with E-state index in [-0.39, 0.29) is 0 Å². The Labute approximate surface area is 117 Å². The van der Waals surface area contributed by atoms with Crippen molar-refractivity contribution in [2.45, 2.75) is 6.92 Å². The van der Waals surface area contributed by atoms with Gasteiger partial charge in [-0.25, -0.2) is 0 Å². The van der Waals surface area contributed by atoms with Crippen molar-refractivity contribution in [2.75, 3.05) is 23.9 Å². The van der Waals surface area contributed by atoms with E-state index in [1.807, 2.05) is 23.9 Å². The van der Waals surface area contributed by atoms with E-state index in [4.69, 9.17) is 29.6 Å². The molecule has 5 heteroatoms. The Morgan fingerprint density at radius 1 is 1.59 bits per heavy atom. The second-order valence-corrected chi connectivity index (χ2v) is 5.78. The van der Waals surface area contributed by atoms with Gasteiger partial charge in [0.15, 0.2) is 0 Å². The van der Waals surface area contributed by atoms with Gasteiger partial charge in [-0.2, -0.15) is 11.8 Å². The number of nitrogens with one attached hydrogen (secondary N) is 1. The number of rotatable bonds is 6. The number of thioether (sulfide) groups is 1. The van der Waals surface area contributed by atoms with Gasteiger partial charge in [0, 0.05) is 22.8 Å². The topological polar surface area (TPSA) is 38.0 Å². The van der Waals surface area contributed by atoms with Crippen LogP contribution < -0.4 is 11.1 Å². The maximum atomic E-state index is 5.93.